The standard InChI is InChI=1S/C5H10O.H3O4P/c1-5-3-2-4-6-5;1-5(2,3)4/h5H,2-4H2,1H3;(H3,1,2,3,4). The van der Waals surface area contributed by atoms with Gasteiger partial charge >= 0.3 is 7.82 Å². The van der Waals surface area contributed by atoms with Crippen molar-refractivity contribution in [2.45, 2.75) is 25.9 Å². The SMILES string of the molecule is CC1CCCO1.O=P(O)(O)O. The summed E-state index contributed by atoms with van der Waals surface area (Å²) in [5.74, 6) is 0. The molecule has 3 N–H and O–H groups in total. The van der Waals surface area contributed by atoms with E-state index in [9.17, 15) is 0 Å². The molecule has 0 aliphatic carbocycles. The highest BCUT2D eigenvalue weighted by molar-refractivity contribution is 7.45. The Hall–Kier alpha value is 0.0700. The van der Waals surface area contributed by atoms with Gasteiger partial charge in [-0.3, -0.25) is 0 Å². The average molecular weight is 184 g/mol. The van der Waals surface area contributed by atoms with Crippen LogP contribution in [0.15, 0.2) is 0 Å². The number of hydrogen-bond donors (Lipinski definition) is 3. The fourth-order valence-corrected chi connectivity index (χ4v) is 0.739. The van der Waals surface area contributed by atoms with Gasteiger partial charge < -0.3 is 19.4 Å². The summed E-state index contributed by atoms with van der Waals surface area (Å²) in [5, 5.41) is 0. The summed E-state index contributed by atoms with van der Waals surface area (Å²) in [6, 6.07) is 0. The van der Waals surface area contributed by atoms with Crippen LogP contribution in [0.5, 0.6) is 0 Å². The smallest absolute Gasteiger partial charge is 0.379 e. The van der Waals surface area contributed by atoms with Crippen LogP contribution in [0.1, 0.15) is 19.8 Å². The first-order valence-corrected chi connectivity index (χ1v) is 4.86. The average Bonchev–Trinajstić information content (AvgIpc) is 2.12. The summed E-state index contributed by atoms with van der Waals surface area (Å²) in [6.07, 6.45) is 3.08. The van der Waals surface area contributed by atoms with Gasteiger partial charge in [-0.05, 0) is 19.8 Å². The van der Waals surface area contributed by atoms with Crippen molar-refractivity contribution in [2.24, 2.45) is 0 Å². The topological polar surface area (TPSA) is 87.0 Å². The van der Waals surface area contributed by atoms with E-state index in [-0.39, 0.29) is 0 Å². The lowest BCUT2D eigenvalue weighted by atomic mass is 10.3. The lowest BCUT2D eigenvalue weighted by molar-refractivity contribution is 0.125. The lowest BCUT2D eigenvalue weighted by Gasteiger charge is -1.94. The van der Waals surface area contributed by atoms with Crippen molar-refractivity contribution < 1.29 is 24.0 Å². The molecule has 0 aromatic carbocycles. The van der Waals surface area contributed by atoms with E-state index in [4.69, 9.17) is 24.0 Å². The Bertz CT molecular complexity index is 128. The van der Waals surface area contributed by atoms with Gasteiger partial charge in [-0.2, -0.15) is 0 Å². The number of rotatable bonds is 0. The first kappa shape index (κ1) is 11.1. The molecule has 1 aliphatic rings. The van der Waals surface area contributed by atoms with E-state index in [0.29, 0.717) is 6.10 Å². The summed E-state index contributed by atoms with van der Waals surface area (Å²) in [6.45, 7) is 3.11. The molecule has 0 amide bonds. The molecule has 0 spiro atoms. The summed E-state index contributed by atoms with van der Waals surface area (Å²) in [4.78, 5) is 21.6. The van der Waals surface area contributed by atoms with Gasteiger partial charge in [-0.15, -0.1) is 0 Å². The van der Waals surface area contributed by atoms with Gasteiger partial charge in [0.1, 0.15) is 0 Å². The van der Waals surface area contributed by atoms with Crippen LogP contribution in [0.3, 0.4) is 0 Å². The van der Waals surface area contributed by atoms with Crippen LogP contribution in [0, 0.1) is 0 Å². The fraction of sp³-hybridized carbons (Fsp3) is 1.00. The van der Waals surface area contributed by atoms with Crippen molar-refractivity contribution in [3.05, 3.63) is 0 Å². The zero-order valence-electron chi connectivity index (χ0n) is 6.30. The third-order valence-electron chi connectivity index (χ3n) is 1.16. The third kappa shape index (κ3) is 13.1. The van der Waals surface area contributed by atoms with E-state index in [0.717, 1.165) is 6.61 Å². The van der Waals surface area contributed by atoms with E-state index in [2.05, 4.69) is 6.92 Å². The summed E-state index contributed by atoms with van der Waals surface area (Å²) in [5.41, 5.74) is 0. The Labute approximate surface area is 65.2 Å². The van der Waals surface area contributed by atoms with Crippen LogP contribution in [0.4, 0.5) is 0 Å². The number of ether oxygens (including phenoxy) is 1. The molecule has 1 heterocycles. The quantitative estimate of drug-likeness (QED) is 0.470. The van der Waals surface area contributed by atoms with E-state index in [1.807, 2.05) is 0 Å². The first-order valence-electron chi connectivity index (χ1n) is 3.29. The predicted molar refractivity (Wildman–Crippen MR) is 38.9 cm³/mol. The number of phosphoric acid groups is 1. The highest BCUT2D eigenvalue weighted by Gasteiger charge is 2.07. The zero-order valence-corrected chi connectivity index (χ0v) is 7.20. The molecule has 1 unspecified atom stereocenters. The summed E-state index contributed by atoms with van der Waals surface area (Å²) in [7, 11) is -4.64. The molecule has 0 aromatic heterocycles. The van der Waals surface area contributed by atoms with Gasteiger partial charge in [0.15, 0.2) is 0 Å². The maximum atomic E-state index is 8.88. The molecule has 1 saturated heterocycles. The Morgan fingerprint density at radius 3 is 2.00 bits per heavy atom. The fourth-order valence-electron chi connectivity index (χ4n) is 0.739. The van der Waals surface area contributed by atoms with E-state index < -0.39 is 7.82 Å². The van der Waals surface area contributed by atoms with E-state index in [1.54, 1.807) is 0 Å². The lowest BCUT2D eigenvalue weighted by Crippen LogP contribution is -1.94. The van der Waals surface area contributed by atoms with Crippen LogP contribution in [0.25, 0.3) is 0 Å². The molecule has 6 heteroatoms. The molecule has 68 valence electrons. The maximum absolute atomic E-state index is 8.88. The Morgan fingerprint density at radius 1 is 1.45 bits per heavy atom. The molecule has 1 rings (SSSR count). The van der Waals surface area contributed by atoms with Crippen molar-refractivity contribution in [2.75, 3.05) is 6.61 Å². The molecule has 1 fully saturated rings. The molecule has 11 heavy (non-hydrogen) atoms. The van der Waals surface area contributed by atoms with Crippen molar-refractivity contribution >= 4 is 7.82 Å². The summed E-state index contributed by atoms with van der Waals surface area (Å²) >= 11 is 0. The minimum Gasteiger partial charge on any atom is -0.379 e. The monoisotopic (exact) mass is 184 g/mol. The highest BCUT2D eigenvalue weighted by atomic mass is 31.2. The Kier molecular flexibility index (Phi) is 4.88. The van der Waals surface area contributed by atoms with Crippen LogP contribution in [-0.2, 0) is 9.30 Å². The first-order chi connectivity index (χ1) is 4.89. The molecule has 0 aromatic rings. The molecule has 0 saturated carbocycles. The molecule has 5 nitrogen and oxygen atoms in total. The van der Waals surface area contributed by atoms with Crippen molar-refractivity contribution in [1.29, 1.82) is 0 Å². The second-order valence-corrected chi connectivity index (χ2v) is 3.36. The van der Waals surface area contributed by atoms with Crippen LogP contribution >= 0.6 is 7.82 Å². The number of hydrogen-bond acceptors (Lipinski definition) is 2. The second kappa shape index (κ2) is 4.85. The van der Waals surface area contributed by atoms with Crippen LogP contribution in [0.2, 0.25) is 0 Å². The molecular weight excluding hydrogens is 171 g/mol. The van der Waals surface area contributed by atoms with Gasteiger partial charge in [0.2, 0.25) is 0 Å². The molecule has 0 radical (unpaired) electrons. The molecule has 1 aliphatic heterocycles. The molecular formula is C5H13O5P. The van der Waals surface area contributed by atoms with E-state index >= 15 is 0 Å². The predicted octanol–water partition coefficient (Wildman–Crippen LogP) is 0.257. The van der Waals surface area contributed by atoms with E-state index in [1.165, 1.54) is 12.8 Å². The highest BCUT2D eigenvalue weighted by Crippen LogP contribution is 2.25. The van der Waals surface area contributed by atoms with Gasteiger partial charge in [0, 0.05) is 6.61 Å². The maximum Gasteiger partial charge on any atom is 0.466 e. The normalized spacial score (nSPS) is 24.2. The second-order valence-electron chi connectivity index (χ2n) is 2.34. The minimum absolute atomic E-state index is 0.546. The Balaban J connectivity index is 0.000000187. The van der Waals surface area contributed by atoms with Gasteiger partial charge in [-0.1, -0.05) is 0 Å². The van der Waals surface area contributed by atoms with Crippen molar-refractivity contribution in [3.8, 4) is 0 Å². The van der Waals surface area contributed by atoms with Crippen LogP contribution < -0.4 is 0 Å². The van der Waals surface area contributed by atoms with Crippen LogP contribution in [-0.4, -0.2) is 27.4 Å². The van der Waals surface area contributed by atoms with Gasteiger partial charge in [-0.25, -0.2) is 4.57 Å². The molecule has 0 bridgehead atoms. The Morgan fingerprint density at radius 2 is 1.91 bits per heavy atom. The third-order valence-corrected chi connectivity index (χ3v) is 1.16. The minimum atomic E-state index is -4.64. The zero-order chi connectivity index (χ0) is 8.91. The largest absolute Gasteiger partial charge is 0.466 e. The van der Waals surface area contributed by atoms with Crippen molar-refractivity contribution in [3.63, 3.8) is 0 Å². The van der Waals surface area contributed by atoms with Crippen molar-refractivity contribution in [1.82, 2.24) is 0 Å². The van der Waals surface area contributed by atoms with Gasteiger partial charge in [0.25, 0.3) is 0 Å². The van der Waals surface area contributed by atoms with Gasteiger partial charge in [0.05, 0.1) is 6.10 Å². The summed E-state index contributed by atoms with van der Waals surface area (Å²) < 4.78 is 14.0. The molecule has 1 atom stereocenters.